The van der Waals surface area contributed by atoms with Gasteiger partial charge in [-0.3, -0.25) is 0 Å². The van der Waals surface area contributed by atoms with Crippen molar-refractivity contribution in [1.82, 2.24) is 0 Å². The predicted octanol–water partition coefficient (Wildman–Crippen LogP) is 4.01. The zero-order valence-electron chi connectivity index (χ0n) is 11.0. The molecule has 1 heteroatoms. The smallest absolute Gasteiger partial charge is 0.0753 e. The Morgan fingerprint density at radius 1 is 1.38 bits per heavy atom. The van der Waals surface area contributed by atoms with Crippen molar-refractivity contribution in [2.45, 2.75) is 53.1 Å². The Bertz CT molecular complexity index is 316. The first-order valence-corrected chi connectivity index (χ1v) is 6.15. The molecule has 1 nitrogen and oxygen atoms in total. The van der Waals surface area contributed by atoms with Gasteiger partial charge in [0.2, 0.25) is 0 Å². The molecule has 1 aliphatic rings. The molecular formula is C15H24O. The van der Waals surface area contributed by atoms with Crippen LogP contribution in [-0.4, -0.2) is 11.2 Å². The first-order valence-electron chi connectivity index (χ1n) is 6.15. The van der Waals surface area contributed by atoms with Crippen LogP contribution in [0.25, 0.3) is 0 Å². The quantitative estimate of drug-likeness (QED) is 0.713. The normalized spacial score (nSPS) is 26.3. The van der Waals surface area contributed by atoms with Crippen LogP contribution < -0.4 is 0 Å². The highest BCUT2D eigenvalue weighted by molar-refractivity contribution is 5.17. The van der Waals surface area contributed by atoms with Crippen LogP contribution in [0.3, 0.4) is 0 Å². The summed E-state index contributed by atoms with van der Waals surface area (Å²) in [7, 11) is 0. The number of aliphatic hydroxyl groups is 1. The number of allylic oxidation sites excluding steroid dienone is 5. The van der Waals surface area contributed by atoms with Gasteiger partial charge in [-0.05, 0) is 58.4 Å². The molecule has 90 valence electrons. The highest BCUT2D eigenvalue weighted by atomic mass is 16.3. The Morgan fingerprint density at radius 3 is 2.62 bits per heavy atom. The van der Waals surface area contributed by atoms with E-state index >= 15 is 0 Å². The van der Waals surface area contributed by atoms with Gasteiger partial charge in [-0.1, -0.05) is 29.4 Å². The minimum absolute atomic E-state index is 0.231. The third kappa shape index (κ3) is 3.97. The average Bonchev–Trinajstić information content (AvgIpc) is 2.21. The Balaban J connectivity index is 2.56. The van der Waals surface area contributed by atoms with E-state index in [4.69, 9.17) is 0 Å². The van der Waals surface area contributed by atoms with E-state index in [2.05, 4.69) is 39.0 Å². The van der Waals surface area contributed by atoms with Crippen molar-refractivity contribution in [1.29, 1.82) is 0 Å². The van der Waals surface area contributed by atoms with Gasteiger partial charge in [0.15, 0.2) is 0 Å². The Labute approximate surface area is 99.6 Å². The lowest BCUT2D eigenvalue weighted by molar-refractivity contribution is 0.174. The van der Waals surface area contributed by atoms with Crippen LogP contribution in [0.2, 0.25) is 0 Å². The zero-order valence-corrected chi connectivity index (χ0v) is 11.0. The molecule has 0 aromatic carbocycles. The summed E-state index contributed by atoms with van der Waals surface area (Å²) >= 11 is 0. The maximum Gasteiger partial charge on any atom is 0.0753 e. The second-order valence-corrected chi connectivity index (χ2v) is 5.10. The van der Waals surface area contributed by atoms with Crippen LogP contribution in [-0.2, 0) is 0 Å². The topological polar surface area (TPSA) is 20.2 Å². The van der Waals surface area contributed by atoms with E-state index in [9.17, 15) is 5.11 Å². The summed E-state index contributed by atoms with van der Waals surface area (Å²) in [5.41, 5.74) is 3.91. The van der Waals surface area contributed by atoms with Gasteiger partial charge in [-0.2, -0.15) is 0 Å². The van der Waals surface area contributed by atoms with E-state index in [1.54, 1.807) is 0 Å². The molecule has 0 radical (unpaired) electrons. The molecule has 0 aliphatic heterocycles. The van der Waals surface area contributed by atoms with Crippen molar-refractivity contribution in [2.24, 2.45) is 5.92 Å². The number of hydrogen-bond acceptors (Lipinski definition) is 1. The first kappa shape index (κ1) is 13.2. The van der Waals surface area contributed by atoms with Crippen molar-refractivity contribution in [3.8, 4) is 0 Å². The van der Waals surface area contributed by atoms with Gasteiger partial charge in [0.05, 0.1) is 6.10 Å². The molecule has 0 saturated carbocycles. The highest BCUT2D eigenvalue weighted by Gasteiger charge is 2.20. The lowest BCUT2D eigenvalue weighted by Crippen LogP contribution is -2.19. The van der Waals surface area contributed by atoms with Gasteiger partial charge in [-0.15, -0.1) is 0 Å². The van der Waals surface area contributed by atoms with Crippen molar-refractivity contribution >= 4 is 0 Å². The van der Waals surface area contributed by atoms with Crippen LogP contribution in [0.5, 0.6) is 0 Å². The van der Waals surface area contributed by atoms with Gasteiger partial charge < -0.3 is 5.11 Å². The monoisotopic (exact) mass is 220 g/mol. The standard InChI is InChI=1S/C15H24O/c1-11(2)6-5-7-12(3)14-9-8-13(4)15(16)10-14/h6-8,14-16H,5,9-10H2,1-4H3/b12-7+. The number of rotatable bonds is 3. The fourth-order valence-corrected chi connectivity index (χ4v) is 2.03. The fraction of sp³-hybridized carbons (Fsp3) is 0.600. The van der Waals surface area contributed by atoms with E-state index in [0.29, 0.717) is 5.92 Å². The molecule has 0 spiro atoms. The molecule has 1 N–H and O–H groups in total. The summed E-state index contributed by atoms with van der Waals surface area (Å²) in [5, 5.41) is 9.80. The van der Waals surface area contributed by atoms with Gasteiger partial charge in [0, 0.05) is 0 Å². The SMILES string of the molecule is CC(C)=CC/C=C(\C)C1CC=C(C)C(O)C1. The molecule has 0 aromatic heterocycles. The molecule has 0 aromatic rings. The third-order valence-electron chi connectivity index (χ3n) is 3.37. The number of aliphatic hydroxyl groups excluding tert-OH is 1. The summed E-state index contributed by atoms with van der Waals surface area (Å²) in [6.07, 6.45) is 9.47. The molecule has 0 heterocycles. The third-order valence-corrected chi connectivity index (χ3v) is 3.37. The van der Waals surface area contributed by atoms with Crippen molar-refractivity contribution in [3.05, 3.63) is 34.9 Å². The predicted molar refractivity (Wildman–Crippen MR) is 70.3 cm³/mol. The molecule has 2 unspecified atom stereocenters. The molecule has 0 amide bonds. The maximum atomic E-state index is 9.80. The molecule has 16 heavy (non-hydrogen) atoms. The van der Waals surface area contributed by atoms with Crippen LogP contribution in [0.4, 0.5) is 0 Å². The number of hydrogen-bond donors (Lipinski definition) is 1. The summed E-state index contributed by atoms with van der Waals surface area (Å²) in [6, 6.07) is 0. The summed E-state index contributed by atoms with van der Waals surface area (Å²) in [6.45, 7) is 8.45. The van der Waals surface area contributed by atoms with Gasteiger partial charge in [0.1, 0.15) is 0 Å². The van der Waals surface area contributed by atoms with Gasteiger partial charge in [-0.25, -0.2) is 0 Å². The molecule has 0 bridgehead atoms. The van der Waals surface area contributed by atoms with Gasteiger partial charge >= 0.3 is 0 Å². The first-order chi connectivity index (χ1) is 7.50. The molecule has 1 aliphatic carbocycles. The van der Waals surface area contributed by atoms with Crippen molar-refractivity contribution < 1.29 is 5.11 Å². The van der Waals surface area contributed by atoms with Crippen molar-refractivity contribution in [2.75, 3.05) is 0 Å². The van der Waals surface area contributed by atoms with Crippen LogP contribution in [0.1, 0.15) is 47.0 Å². The Morgan fingerprint density at radius 2 is 2.06 bits per heavy atom. The van der Waals surface area contributed by atoms with Crippen LogP contribution >= 0.6 is 0 Å². The van der Waals surface area contributed by atoms with Crippen LogP contribution in [0.15, 0.2) is 34.9 Å². The van der Waals surface area contributed by atoms with E-state index in [1.807, 2.05) is 6.92 Å². The summed E-state index contributed by atoms with van der Waals surface area (Å²) < 4.78 is 0. The molecule has 2 atom stereocenters. The van der Waals surface area contributed by atoms with E-state index in [-0.39, 0.29) is 6.10 Å². The minimum Gasteiger partial charge on any atom is -0.389 e. The van der Waals surface area contributed by atoms with Gasteiger partial charge in [0.25, 0.3) is 0 Å². The molecular weight excluding hydrogens is 196 g/mol. The second-order valence-electron chi connectivity index (χ2n) is 5.10. The maximum absolute atomic E-state index is 9.80. The summed E-state index contributed by atoms with van der Waals surface area (Å²) in [5.74, 6) is 0.532. The Hall–Kier alpha value is -0.820. The fourth-order valence-electron chi connectivity index (χ4n) is 2.03. The lowest BCUT2D eigenvalue weighted by atomic mass is 9.83. The molecule has 0 saturated heterocycles. The Kier molecular flexibility index (Phi) is 5.01. The second kappa shape index (κ2) is 6.05. The van der Waals surface area contributed by atoms with Crippen molar-refractivity contribution in [3.63, 3.8) is 0 Å². The lowest BCUT2D eigenvalue weighted by Gasteiger charge is -2.25. The summed E-state index contributed by atoms with van der Waals surface area (Å²) in [4.78, 5) is 0. The highest BCUT2D eigenvalue weighted by Crippen LogP contribution is 2.29. The largest absolute Gasteiger partial charge is 0.389 e. The average molecular weight is 220 g/mol. The minimum atomic E-state index is -0.231. The molecule has 1 rings (SSSR count). The van der Waals surface area contributed by atoms with E-state index < -0.39 is 0 Å². The zero-order chi connectivity index (χ0) is 12.1. The molecule has 0 fully saturated rings. The van der Waals surface area contributed by atoms with E-state index in [0.717, 1.165) is 24.8 Å². The van der Waals surface area contributed by atoms with Crippen LogP contribution in [0, 0.1) is 5.92 Å². The van der Waals surface area contributed by atoms with E-state index in [1.165, 1.54) is 11.1 Å².